The summed E-state index contributed by atoms with van der Waals surface area (Å²) in [5.74, 6) is 0.357. The molecule has 1 aromatic carbocycles. The van der Waals surface area contributed by atoms with Crippen molar-refractivity contribution in [3.05, 3.63) is 65.0 Å². The van der Waals surface area contributed by atoms with Gasteiger partial charge >= 0.3 is 0 Å². The Kier molecular flexibility index (Phi) is 5.06. The van der Waals surface area contributed by atoms with Crippen molar-refractivity contribution in [3.63, 3.8) is 0 Å². The number of amides is 2. The van der Waals surface area contributed by atoms with E-state index in [0.717, 1.165) is 5.69 Å². The van der Waals surface area contributed by atoms with Crippen LogP contribution in [0.2, 0.25) is 0 Å². The van der Waals surface area contributed by atoms with E-state index in [1.807, 2.05) is 35.7 Å². The summed E-state index contributed by atoms with van der Waals surface area (Å²) in [6.45, 7) is 1.46. The maximum absolute atomic E-state index is 12.0. The molecule has 126 valence electrons. The molecular formula is C18H16N4O2S. The van der Waals surface area contributed by atoms with Crippen LogP contribution in [-0.2, 0) is 4.79 Å². The number of benzene rings is 1. The summed E-state index contributed by atoms with van der Waals surface area (Å²) in [6, 6.07) is 14.5. The first-order valence-electron chi connectivity index (χ1n) is 7.56. The molecule has 0 saturated carbocycles. The van der Waals surface area contributed by atoms with Crippen LogP contribution in [0.4, 0.5) is 22.9 Å². The van der Waals surface area contributed by atoms with Crippen molar-refractivity contribution in [1.82, 2.24) is 4.98 Å². The van der Waals surface area contributed by atoms with Crippen molar-refractivity contribution in [2.75, 3.05) is 16.0 Å². The lowest BCUT2D eigenvalue weighted by Crippen LogP contribution is -2.10. The highest BCUT2D eigenvalue weighted by Gasteiger charge is 2.07. The minimum atomic E-state index is -0.152. The summed E-state index contributed by atoms with van der Waals surface area (Å²) in [6.07, 6.45) is 1.59. The minimum Gasteiger partial charge on any atom is -0.340 e. The van der Waals surface area contributed by atoms with Gasteiger partial charge in [-0.3, -0.25) is 9.59 Å². The summed E-state index contributed by atoms with van der Waals surface area (Å²) >= 11 is 1.39. The zero-order chi connectivity index (χ0) is 17.6. The van der Waals surface area contributed by atoms with Crippen LogP contribution in [0.25, 0.3) is 0 Å². The fraction of sp³-hybridized carbons (Fsp3) is 0.0556. The highest BCUT2D eigenvalue weighted by atomic mass is 32.1. The number of hydrogen-bond acceptors (Lipinski definition) is 5. The molecule has 2 amide bonds. The van der Waals surface area contributed by atoms with Gasteiger partial charge in [-0.15, -0.1) is 11.3 Å². The number of carbonyl (C=O) groups excluding carboxylic acids is 2. The van der Waals surface area contributed by atoms with Crippen LogP contribution in [0.3, 0.4) is 0 Å². The third-order valence-corrected chi connectivity index (χ3v) is 4.09. The number of thiophene rings is 1. The summed E-state index contributed by atoms with van der Waals surface area (Å²) in [5, 5.41) is 10.5. The molecule has 0 aliphatic rings. The largest absolute Gasteiger partial charge is 0.340 e. The van der Waals surface area contributed by atoms with Crippen molar-refractivity contribution in [2.24, 2.45) is 0 Å². The van der Waals surface area contributed by atoms with Gasteiger partial charge in [0.15, 0.2) is 0 Å². The van der Waals surface area contributed by atoms with E-state index < -0.39 is 0 Å². The maximum atomic E-state index is 12.0. The molecule has 0 unspecified atom stereocenters. The lowest BCUT2D eigenvalue weighted by atomic mass is 10.2. The van der Waals surface area contributed by atoms with E-state index in [1.54, 1.807) is 24.4 Å². The predicted molar refractivity (Wildman–Crippen MR) is 101 cm³/mol. The third-order valence-electron chi connectivity index (χ3n) is 3.22. The summed E-state index contributed by atoms with van der Waals surface area (Å²) in [7, 11) is 0. The number of nitrogens with one attached hydrogen (secondary N) is 3. The Morgan fingerprint density at radius 3 is 2.48 bits per heavy atom. The second kappa shape index (κ2) is 7.59. The summed E-state index contributed by atoms with van der Waals surface area (Å²) < 4.78 is 0. The standard InChI is InChI=1S/C18H16N4O2S/c1-12(23)20-13-4-2-5-14(10-13)21-17-8-7-15(11-19-17)22-18(24)16-6-3-9-25-16/h2-11H,1H3,(H,19,21)(H,20,23)(H,22,24). The molecule has 0 fully saturated rings. The predicted octanol–water partition coefficient (Wildman–Crippen LogP) is 4.10. The molecule has 0 bridgehead atoms. The Balaban J connectivity index is 1.64. The van der Waals surface area contributed by atoms with Gasteiger partial charge in [0.2, 0.25) is 5.91 Å². The van der Waals surface area contributed by atoms with Gasteiger partial charge in [-0.25, -0.2) is 4.98 Å². The molecule has 3 N–H and O–H groups in total. The number of anilines is 4. The first-order chi connectivity index (χ1) is 12.1. The van der Waals surface area contributed by atoms with E-state index >= 15 is 0 Å². The normalized spacial score (nSPS) is 10.1. The number of pyridine rings is 1. The Morgan fingerprint density at radius 1 is 0.960 bits per heavy atom. The molecule has 0 saturated heterocycles. The summed E-state index contributed by atoms with van der Waals surface area (Å²) in [5.41, 5.74) is 2.13. The van der Waals surface area contributed by atoms with Crippen molar-refractivity contribution in [3.8, 4) is 0 Å². The molecule has 6 nitrogen and oxygen atoms in total. The number of hydrogen-bond donors (Lipinski definition) is 3. The van der Waals surface area contributed by atoms with Crippen LogP contribution in [-0.4, -0.2) is 16.8 Å². The minimum absolute atomic E-state index is 0.124. The first kappa shape index (κ1) is 16.7. The van der Waals surface area contributed by atoms with Crippen LogP contribution in [0.15, 0.2) is 60.1 Å². The van der Waals surface area contributed by atoms with Gasteiger partial charge in [0, 0.05) is 18.3 Å². The molecule has 7 heteroatoms. The van der Waals surface area contributed by atoms with Gasteiger partial charge in [0.05, 0.1) is 16.8 Å². The van der Waals surface area contributed by atoms with Crippen LogP contribution in [0, 0.1) is 0 Å². The highest BCUT2D eigenvalue weighted by molar-refractivity contribution is 7.12. The molecule has 2 aromatic heterocycles. The monoisotopic (exact) mass is 352 g/mol. The Hall–Kier alpha value is -3.19. The smallest absolute Gasteiger partial charge is 0.265 e. The van der Waals surface area contributed by atoms with Gasteiger partial charge in [-0.1, -0.05) is 12.1 Å². The Bertz CT molecular complexity index is 876. The van der Waals surface area contributed by atoms with Crippen LogP contribution in [0.1, 0.15) is 16.6 Å². The van der Waals surface area contributed by atoms with Crippen molar-refractivity contribution < 1.29 is 9.59 Å². The molecule has 0 aliphatic heterocycles. The first-order valence-corrected chi connectivity index (χ1v) is 8.44. The van der Waals surface area contributed by atoms with Crippen LogP contribution >= 0.6 is 11.3 Å². The zero-order valence-electron chi connectivity index (χ0n) is 13.4. The average Bonchev–Trinajstić information content (AvgIpc) is 3.11. The molecular weight excluding hydrogens is 336 g/mol. The van der Waals surface area contributed by atoms with E-state index in [4.69, 9.17) is 0 Å². The second-order valence-electron chi connectivity index (χ2n) is 5.25. The van der Waals surface area contributed by atoms with Crippen LogP contribution < -0.4 is 16.0 Å². The average molecular weight is 352 g/mol. The van der Waals surface area contributed by atoms with E-state index in [1.165, 1.54) is 18.3 Å². The highest BCUT2D eigenvalue weighted by Crippen LogP contribution is 2.20. The van der Waals surface area contributed by atoms with Gasteiger partial charge in [-0.05, 0) is 41.8 Å². The molecule has 0 aliphatic carbocycles. The quantitative estimate of drug-likeness (QED) is 0.646. The van der Waals surface area contributed by atoms with Crippen molar-refractivity contribution >= 4 is 46.0 Å². The van der Waals surface area contributed by atoms with E-state index in [9.17, 15) is 9.59 Å². The fourth-order valence-electron chi connectivity index (χ4n) is 2.17. The number of nitrogens with zero attached hydrogens (tertiary/aromatic N) is 1. The Morgan fingerprint density at radius 2 is 1.80 bits per heavy atom. The number of rotatable bonds is 5. The molecule has 25 heavy (non-hydrogen) atoms. The molecule has 0 atom stereocenters. The van der Waals surface area contributed by atoms with Gasteiger partial charge < -0.3 is 16.0 Å². The van der Waals surface area contributed by atoms with E-state index in [0.29, 0.717) is 22.1 Å². The lowest BCUT2D eigenvalue weighted by Gasteiger charge is -2.09. The fourth-order valence-corrected chi connectivity index (χ4v) is 2.79. The third kappa shape index (κ3) is 4.65. The molecule has 2 heterocycles. The van der Waals surface area contributed by atoms with Gasteiger partial charge in [0.25, 0.3) is 5.91 Å². The van der Waals surface area contributed by atoms with Gasteiger partial charge in [0.1, 0.15) is 5.82 Å². The SMILES string of the molecule is CC(=O)Nc1cccc(Nc2ccc(NC(=O)c3cccs3)cn2)c1. The molecule has 3 aromatic rings. The Labute approximate surface area is 148 Å². The van der Waals surface area contributed by atoms with E-state index in [2.05, 4.69) is 20.9 Å². The number of aromatic nitrogens is 1. The zero-order valence-corrected chi connectivity index (χ0v) is 14.3. The van der Waals surface area contributed by atoms with Crippen LogP contribution in [0.5, 0.6) is 0 Å². The maximum Gasteiger partial charge on any atom is 0.265 e. The lowest BCUT2D eigenvalue weighted by molar-refractivity contribution is -0.114. The molecule has 0 radical (unpaired) electrons. The topological polar surface area (TPSA) is 83.1 Å². The second-order valence-corrected chi connectivity index (χ2v) is 6.20. The van der Waals surface area contributed by atoms with Crippen molar-refractivity contribution in [2.45, 2.75) is 6.92 Å². The van der Waals surface area contributed by atoms with Crippen molar-refractivity contribution in [1.29, 1.82) is 0 Å². The van der Waals surface area contributed by atoms with E-state index in [-0.39, 0.29) is 11.8 Å². The van der Waals surface area contributed by atoms with Gasteiger partial charge in [-0.2, -0.15) is 0 Å². The number of carbonyl (C=O) groups is 2. The molecule has 0 spiro atoms. The molecule has 3 rings (SSSR count). The summed E-state index contributed by atoms with van der Waals surface area (Å²) in [4.78, 5) is 28.1.